The van der Waals surface area contributed by atoms with Crippen LogP contribution in [0.5, 0.6) is 0 Å². The standard InChI is InChI=1S/C28H27F3N2O5/c1-3-37-27(36)21-6-4-20(5-7-21)26(35)33-14-12-19(13-15-33)18-8-10-22(11-9-18)32-25(34)24-17(2)38-16-23(24)28(29,30)31/h4-11,16,19H,3,12-15H2,1-2H3,(H,32,34). The van der Waals surface area contributed by atoms with Gasteiger partial charge in [-0.15, -0.1) is 0 Å². The number of nitrogens with zero attached hydrogens (tertiary/aromatic N) is 1. The molecule has 0 atom stereocenters. The van der Waals surface area contributed by atoms with Crippen molar-refractivity contribution in [2.45, 2.75) is 38.8 Å². The summed E-state index contributed by atoms with van der Waals surface area (Å²) in [5.41, 5.74) is 0.630. The minimum atomic E-state index is -4.70. The molecule has 2 amide bonds. The number of benzene rings is 2. The largest absolute Gasteiger partial charge is 0.468 e. The highest BCUT2D eigenvalue weighted by Crippen LogP contribution is 2.35. The third-order valence-corrected chi connectivity index (χ3v) is 6.57. The molecule has 3 aromatic rings. The van der Waals surface area contributed by atoms with Crippen LogP contribution in [0.25, 0.3) is 0 Å². The Balaban J connectivity index is 1.33. The Morgan fingerprint density at radius 3 is 2.18 bits per heavy atom. The monoisotopic (exact) mass is 528 g/mol. The molecule has 1 saturated heterocycles. The number of amides is 2. The van der Waals surface area contributed by atoms with Gasteiger partial charge in [0.15, 0.2) is 0 Å². The van der Waals surface area contributed by atoms with Crippen molar-refractivity contribution < 1.29 is 36.7 Å². The van der Waals surface area contributed by atoms with E-state index in [1.165, 1.54) is 6.92 Å². The van der Waals surface area contributed by atoms with Crippen LogP contribution in [-0.4, -0.2) is 42.4 Å². The fourth-order valence-corrected chi connectivity index (χ4v) is 4.54. The summed E-state index contributed by atoms with van der Waals surface area (Å²) >= 11 is 0. The second kappa shape index (κ2) is 11.1. The van der Waals surface area contributed by atoms with E-state index in [1.807, 2.05) is 12.1 Å². The van der Waals surface area contributed by atoms with E-state index in [4.69, 9.17) is 9.15 Å². The number of rotatable bonds is 6. The Morgan fingerprint density at radius 2 is 1.61 bits per heavy atom. The molecule has 0 radical (unpaired) electrons. The summed E-state index contributed by atoms with van der Waals surface area (Å²) in [7, 11) is 0. The number of nitrogens with one attached hydrogen (secondary N) is 1. The molecule has 1 aromatic heterocycles. The number of alkyl halides is 3. The number of carbonyl (C=O) groups is 3. The fraction of sp³-hybridized carbons (Fsp3) is 0.321. The van der Waals surface area contributed by atoms with Gasteiger partial charge in [-0.25, -0.2) is 4.79 Å². The van der Waals surface area contributed by atoms with Crippen LogP contribution >= 0.6 is 0 Å². The predicted octanol–water partition coefficient (Wildman–Crippen LogP) is 6.06. The average Bonchev–Trinajstić information content (AvgIpc) is 3.31. The van der Waals surface area contributed by atoms with Crippen LogP contribution in [0.3, 0.4) is 0 Å². The van der Waals surface area contributed by atoms with Crippen LogP contribution in [0.15, 0.2) is 59.2 Å². The number of likely N-dealkylation sites (tertiary alicyclic amines) is 1. The summed E-state index contributed by atoms with van der Waals surface area (Å²) in [4.78, 5) is 39.0. The van der Waals surface area contributed by atoms with Gasteiger partial charge in [-0.1, -0.05) is 12.1 Å². The topological polar surface area (TPSA) is 88.9 Å². The fourth-order valence-electron chi connectivity index (χ4n) is 4.54. The van der Waals surface area contributed by atoms with Gasteiger partial charge < -0.3 is 19.4 Å². The van der Waals surface area contributed by atoms with Gasteiger partial charge in [-0.2, -0.15) is 13.2 Å². The van der Waals surface area contributed by atoms with E-state index in [0.717, 1.165) is 18.4 Å². The molecule has 0 bridgehead atoms. The van der Waals surface area contributed by atoms with Gasteiger partial charge in [0.2, 0.25) is 0 Å². The predicted molar refractivity (Wildman–Crippen MR) is 133 cm³/mol. The van der Waals surface area contributed by atoms with Gasteiger partial charge in [0, 0.05) is 24.3 Å². The molecule has 1 fully saturated rings. The molecule has 38 heavy (non-hydrogen) atoms. The minimum Gasteiger partial charge on any atom is -0.468 e. The SMILES string of the molecule is CCOC(=O)c1ccc(C(=O)N2CCC(c3ccc(NC(=O)c4c(C(F)(F)F)coc4C)cc3)CC2)cc1. The van der Waals surface area contributed by atoms with E-state index in [0.29, 0.717) is 36.2 Å². The molecule has 2 aromatic carbocycles. The first-order valence-electron chi connectivity index (χ1n) is 12.2. The van der Waals surface area contributed by atoms with Crippen molar-refractivity contribution in [3.8, 4) is 0 Å². The zero-order valence-corrected chi connectivity index (χ0v) is 20.9. The molecule has 1 N–H and O–H groups in total. The van der Waals surface area contributed by atoms with Gasteiger partial charge >= 0.3 is 12.1 Å². The zero-order valence-electron chi connectivity index (χ0n) is 20.9. The number of hydrogen-bond donors (Lipinski definition) is 1. The van der Waals surface area contributed by atoms with Crippen molar-refractivity contribution in [1.29, 1.82) is 0 Å². The van der Waals surface area contributed by atoms with E-state index in [2.05, 4.69) is 5.32 Å². The van der Waals surface area contributed by atoms with Crippen molar-refractivity contribution in [3.05, 3.63) is 88.4 Å². The lowest BCUT2D eigenvalue weighted by molar-refractivity contribution is -0.138. The number of anilines is 1. The first kappa shape index (κ1) is 27.0. The molecule has 10 heteroatoms. The van der Waals surface area contributed by atoms with Gasteiger partial charge in [0.05, 0.1) is 17.7 Å². The van der Waals surface area contributed by atoms with E-state index < -0.39 is 29.2 Å². The Hall–Kier alpha value is -4.08. The lowest BCUT2D eigenvalue weighted by Crippen LogP contribution is -2.37. The van der Waals surface area contributed by atoms with Gasteiger partial charge in [0.1, 0.15) is 17.6 Å². The van der Waals surface area contributed by atoms with Crippen molar-refractivity contribution in [3.63, 3.8) is 0 Å². The summed E-state index contributed by atoms with van der Waals surface area (Å²) < 4.78 is 49.3. The maximum atomic E-state index is 13.2. The number of esters is 1. The van der Waals surface area contributed by atoms with E-state index in [1.54, 1.807) is 48.2 Å². The molecule has 0 saturated carbocycles. The van der Waals surface area contributed by atoms with Crippen LogP contribution in [0.1, 0.15) is 73.6 Å². The number of aryl methyl sites for hydroxylation is 1. The Labute approximate surface area is 217 Å². The smallest absolute Gasteiger partial charge is 0.420 e. The minimum absolute atomic E-state index is 0.107. The summed E-state index contributed by atoms with van der Waals surface area (Å²) in [5, 5.41) is 2.51. The Kier molecular flexibility index (Phi) is 7.89. The van der Waals surface area contributed by atoms with Gasteiger partial charge in [-0.05, 0) is 74.6 Å². The Bertz CT molecular complexity index is 1310. The number of hydrogen-bond acceptors (Lipinski definition) is 5. The third-order valence-electron chi connectivity index (χ3n) is 6.57. The lowest BCUT2D eigenvalue weighted by Gasteiger charge is -2.32. The molecule has 7 nitrogen and oxygen atoms in total. The van der Waals surface area contributed by atoms with Crippen LogP contribution in [0.4, 0.5) is 18.9 Å². The summed E-state index contributed by atoms with van der Waals surface area (Å²) in [6, 6.07) is 13.4. The average molecular weight is 529 g/mol. The quantitative estimate of drug-likeness (QED) is 0.393. The maximum Gasteiger partial charge on any atom is 0.420 e. The number of furan rings is 1. The summed E-state index contributed by atoms with van der Waals surface area (Å²) in [6.07, 6.45) is -2.68. The second-order valence-electron chi connectivity index (χ2n) is 9.02. The third kappa shape index (κ3) is 5.90. The summed E-state index contributed by atoms with van der Waals surface area (Å²) in [5.74, 6) is -1.34. The van der Waals surface area contributed by atoms with E-state index in [9.17, 15) is 27.6 Å². The van der Waals surface area contributed by atoms with E-state index in [-0.39, 0.29) is 24.2 Å². The highest BCUT2D eigenvalue weighted by atomic mass is 19.4. The second-order valence-corrected chi connectivity index (χ2v) is 9.02. The molecule has 200 valence electrons. The molecule has 0 aliphatic carbocycles. The van der Waals surface area contributed by atoms with Crippen LogP contribution in [0, 0.1) is 6.92 Å². The van der Waals surface area contributed by atoms with Crippen LogP contribution in [0.2, 0.25) is 0 Å². The van der Waals surface area contributed by atoms with Gasteiger partial charge in [0.25, 0.3) is 11.8 Å². The first-order chi connectivity index (χ1) is 18.1. The van der Waals surface area contributed by atoms with Crippen LogP contribution in [-0.2, 0) is 10.9 Å². The zero-order chi connectivity index (χ0) is 27.4. The summed E-state index contributed by atoms with van der Waals surface area (Å²) in [6.45, 7) is 4.43. The lowest BCUT2D eigenvalue weighted by atomic mass is 9.89. The molecule has 0 unspecified atom stereocenters. The molecule has 4 rings (SSSR count). The number of ether oxygens (including phenoxy) is 1. The van der Waals surface area contributed by atoms with Gasteiger partial charge in [-0.3, -0.25) is 9.59 Å². The number of piperidine rings is 1. The number of carbonyl (C=O) groups excluding carboxylic acids is 3. The van der Waals surface area contributed by atoms with Crippen molar-refractivity contribution >= 4 is 23.5 Å². The normalized spacial score (nSPS) is 14.3. The molecular weight excluding hydrogens is 501 g/mol. The molecular formula is C28H27F3N2O5. The number of halogens is 3. The molecule has 1 aliphatic rings. The van der Waals surface area contributed by atoms with Crippen LogP contribution < -0.4 is 5.32 Å². The van der Waals surface area contributed by atoms with Crippen molar-refractivity contribution in [1.82, 2.24) is 4.90 Å². The molecule has 2 heterocycles. The van der Waals surface area contributed by atoms with Crippen molar-refractivity contribution in [2.75, 3.05) is 25.0 Å². The highest BCUT2D eigenvalue weighted by Gasteiger charge is 2.38. The van der Waals surface area contributed by atoms with E-state index >= 15 is 0 Å². The first-order valence-corrected chi connectivity index (χ1v) is 12.2. The Morgan fingerprint density at radius 1 is 1.00 bits per heavy atom. The van der Waals surface area contributed by atoms with Crippen molar-refractivity contribution in [2.24, 2.45) is 0 Å². The molecule has 1 aliphatic heterocycles. The highest BCUT2D eigenvalue weighted by molar-refractivity contribution is 6.06. The molecule has 0 spiro atoms. The maximum absolute atomic E-state index is 13.2.